The number of carbonyl (C=O) groups is 2. The Bertz CT molecular complexity index is 1250. The standard InChI is InChI=1S/C24H18N4O2S2/c29-23(21-25-17-5-1-2-6-18(17)26-21)31-13-15-9-11-16(12-10-15)14-32-24(30)22-27-19-7-3-4-8-20(19)28-22/h1-12H,13-14H2,(H,25,26)(H,27,28). The Morgan fingerprint density at radius 1 is 0.625 bits per heavy atom. The van der Waals surface area contributed by atoms with Gasteiger partial charge in [-0.1, -0.05) is 72.1 Å². The van der Waals surface area contributed by atoms with Crippen molar-refractivity contribution in [2.45, 2.75) is 11.5 Å². The summed E-state index contributed by atoms with van der Waals surface area (Å²) in [5.41, 5.74) is 5.37. The lowest BCUT2D eigenvalue weighted by Gasteiger charge is -2.03. The molecule has 0 bridgehead atoms. The van der Waals surface area contributed by atoms with E-state index in [1.807, 2.05) is 72.8 Å². The van der Waals surface area contributed by atoms with Gasteiger partial charge in [0.05, 0.1) is 22.1 Å². The average Bonchev–Trinajstić information content (AvgIpc) is 3.46. The van der Waals surface area contributed by atoms with E-state index in [-0.39, 0.29) is 10.2 Å². The van der Waals surface area contributed by atoms with Crippen LogP contribution in [0.15, 0.2) is 72.8 Å². The molecule has 6 nitrogen and oxygen atoms in total. The van der Waals surface area contributed by atoms with Gasteiger partial charge in [-0.3, -0.25) is 9.59 Å². The van der Waals surface area contributed by atoms with Gasteiger partial charge in [-0.05, 0) is 35.4 Å². The number of nitrogens with one attached hydrogen (secondary N) is 2. The summed E-state index contributed by atoms with van der Waals surface area (Å²) in [5, 5.41) is -0.172. The second-order valence-corrected chi connectivity index (χ2v) is 9.07. The number of nitrogens with zero attached hydrogens (tertiary/aromatic N) is 2. The van der Waals surface area contributed by atoms with E-state index in [0.29, 0.717) is 23.2 Å². The third-order valence-corrected chi connectivity index (χ3v) is 6.79. The van der Waals surface area contributed by atoms with Crippen molar-refractivity contribution in [1.29, 1.82) is 0 Å². The SMILES string of the molecule is O=C(SCc1ccc(CSC(=O)c2nc3ccccc3[nH]2)cc1)c1nc2ccccc2[nH]1. The average molecular weight is 459 g/mol. The van der Waals surface area contributed by atoms with Crippen molar-refractivity contribution in [2.24, 2.45) is 0 Å². The van der Waals surface area contributed by atoms with Crippen molar-refractivity contribution in [3.05, 3.63) is 95.6 Å². The van der Waals surface area contributed by atoms with Crippen LogP contribution in [-0.4, -0.2) is 30.2 Å². The highest BCUT2D eigenvalue weighted by Crippen LogP contribution is 2.22. The van der Waals surface area contributed by atoms with Crippen molar-refractivity contribution in [1.82, 2.24) is 19.9 Å². The van der Waals surface area contributed by atoms with Crippen LogP contribution in [-0.2, 0) is 11.5 Å². The fraction of sp³-hybridized carbons (Fsp3) is 0.0833. The first-order valence-corrected chi connectivity index (χ1v) is 11.9. The highest BCUT2D eigenvalue weighted by atomic mass is 32.2. The summed E-state index contributed by atoms with van der Waals surface area (Å²) < 4.78 is 0. The van der Waals surface area contributed by atoms with Crippen molar-refractivity contribution >= 4 is 55.8 Å². The molecule has 8 heteroatoms. The van der Waals surface area contributed by atoms with E-state index >= 15 is 0 Å². The van der Waals surface area contributed by atoms with Gasteiger partial charge in [-0.25, -0.2) is 9.97 Å². The summed E-state index contributed by atoms with van der Waals surface area (Å²) in [7, 11) is 0. The predicted molar refractivity (Wildman–Crippen MR) is 130 cm³/mol. The third-order valence-electron chi connectivity index (χ3n) is 4.93. The van der Waals surface area contributed by atoms with Crippen LogP contribution in [0.4, 0.5) is 0 Å². The van der Waals surface area contributed by atoms with E-state index in [4.69, 9.17) is 0 Å². The number of thioether (sulfide) groups is 2. The highest BCUT2D eigenvalue weighted by Gasteiger charge is 2.14. The fourth-order valence-corrected chi connectivity index (χ4v) is 4.71. The molecule has 0 amide bonds. The zero-order valence-electron chi connectivity index (χ0n) is 16.9. The molecule has 0 aliphatic rings. The Balaban J connectivity index is 1.15. The first-order chi connectivity index (χ1) is 15.7. The molecule has 0 radical (unpaired) electrons. The zero-order valence-corrected chi connectivity index (χ0v) is 18.5. The molecule has 2 aromatic heterocycles. The van der Waals surface area contributed by atoms with Crippen LogP contribution in [0.1, 0.15) is 32.4 Å². The number of hydrogen-bond donors (Lipinski definition) is 2. The molecule has 0 saturated carbocycles. The molecular formula is C24H18N4O2S2. The number of aromatic nitrogens is 4. The fourth-order valence-electron chi connectivity index (χ4n) is 3.27. The number of H-pyrrole nitrogens is 2. The predicted octanol–water partition coefficient (Wildman–Crippen LogP) is 5.59. The monoisotopic (exact) mass is 458 g/mol. The van der Waals surface area contributed by atoms with Gasteiger partial charge < -0.3 is 9.97 Å². The van der Waals surface area contributed by atoms with Crippen molar-refractivity contribution in [3.8, 4) is 0 Å². The molecule has 0 fully saturated rings. The number of imidazole rings is 2. The zero-order chi connectivity index (χ0) is 21.9. The van der Waals surface area contributed by atoms with E-state index in [1.54, 1.807) is 0 Å². The van der Waals surface area contributed by atoms with E-state index in [2.05, 4.69) is 19.9 Å². The Labute approximate surface area is 192 Å². The van der Waals surface area contributed by atoms with Crippen LogP contribution >= 0.6 is 23.5 Å². The molecule has 2 heterocycles. The topological polar surface area (TPSA) is 91.5 Å². The van der Waals surface area contributed by atoms with Crippen molar-refractivity contribution in [3.63, 3.8) is 0 Å². The minimum Gasteiger partial charge on any atom is -0.335 e. The third kappa shape index (κ3) is 4.46. The molecule has 0 aliphatic carbocycles. The molecule has 2 N–H and O–H groups in total. The quantitative estimate of drug-likeness (QED) is 0.345. The number of rotatable bonds is 6. The maximum absolute atomic E-state index is 12.5. The van der Waals surface area contributed by atoms with Gasteiger partial charge in [0.1, 0.15) is 0 Å². The van der Waals surface area contributed by atoms with Crippen LogP contribution in [0.25, 0.3) is 22.1 Å². The lowest BCUT2D eigenvalue weighted by molar-refractivity contribution is 0.107. The van der Waals surface area contributed by atoms with E-state index in [0.717, 1.165) is 33.2 Å². The molecule has 0 spiro atoms. The number of para-hydroxylation sites is 4. The van der Waals surface area contributed by atoms with Gasteiger partial charge in [-0.2, -0.15) is 0 Å². The number of carbonyl (C=O) groups excluding carboxylic acids is 2. The summed E-state index contributed by atoms with van der Waals surface area (Å²) in [6, 6.07) is 23.1. The van der Waals surface area contributed by atoms with Crippen molar-refractivity contribution < 1.29 is 9.59 Å². The van der Waals surface area contributed by atoms with Gasteiger partial charge in [-0.15, -0.1) is 0 Å². The number of aromatic amines is 2. The molecule has 158 valence electrons. The number of fused-ring (bicyclic) bond motifs is 2. The molecule has 3 aromatic carbocycles. The number of benzene rings is 3. The van der Waals surface area contributed by atoms with Crippen LogP contribution < -0.4 is 0 Å². The molecule has 0 atom stereocenters. The maximum atomic E-state index is 12.5. The van der Waals surface area contributed by atoms with Gasteiger partial charge in [0.15, 0.2) is 11.6 Å². The second kappa shape index (κ2) is 9.02. The molecular weight excluding hydrogens is 440 g/mol. The second-order valence-electron chi connectivity index (χ2n) is 7.17. The van der Waals surface area contributed by atoms with Gasteiger partial charge >= 0.3 is 0 Å². The lowest BCUT2D eigenvalue weighted by atomic mass is 10.2. The Morgan fingerprint density at radius 3 is 1.44 bits per heavy atom. The van der Waals surface area contributed by atoms with Crippen LogP contribution in [0.5, 0.6) is 0 Å². The maximum Gasteiger partial charge on any atom is 0.255 e. The molecule has 5 aromatic rings. The van der Waals surface area contributed by atoms with Crippen LogP contribution in [0.2, 0.25) is 0 Å². The summed E-state index contributed by atoms with van der Waals surface area (Å²) in [5.74, 6) is 1.85. The van der Waals surface area contributed by atoms with E-state index < -0.39 is 0 Å². The Kier molecular flexibility index (Phi) is 5.79. The lowest BCUT2D eigenvalue weighted by Crippen LogP contribution is -1.98. The summed E-state index contributed by atoms with van der Waals surface area (Å²) >= 11 is 2.43. The van der Waals surface area contributed by atoms with Gasteiger partial charge in [0.2, 0.25) is 0 Å². The van der Waals surface area contributed by atoms with E-state index in [9.17, 15) is 9.59 Å². The first-order valence-electron chi connectivity index (χ1n) is 9.97. The first kappa shape index (κ1) is 20.5. The summed E-state index contributed by atoms with van der Waals surface area (Å²) in [6.45, 7) is 0. The van der Waals surface area contributed by atoms with E-state index in [1.165, 1.54) is 23.5 Å². The Morgan fingerprint density at radius 2 is 1.03 bits per heavy atom. The molecule has 0 aliphatic heterocycles. The normalized spacial score (nSPS) is 11.2. The molecule has 5 rings (SSSR count). The minimum atomic E-state index is -0.0859. The highest BCUT2D eigenvalue weighted by molar-refractivity contribution is 8.13. The minimum absolute atomic E-state index is 0.0859. The molecule has 0 unspecified atom stereocenters. The summed E-state index contributed by atoms with van der Waals surface area (Å²) in [6.07, 6.45) is 0. The Hall–Kier alpha value is -3.36. The van der Waals surface area contributed by atoms with Crippen LogP contribution in [0, 0.1) is 0 Å². The largest absolute Gasteiger partial charge is 0.335 e. The molecule has 32 heavy (non-hydrogen) atoms. The smallest absolute Gasteiger partial charge is 0.255 e. The molecule has 0 saturated heterocycles. The van der Waals surface area contributed by atoms with Crippen LogP contribution in [0.3, 0.4) is 0 Å². The van der Waals surface area contributed by atoms with Gasteiger partial charge in [0.25, 0.3) is 10.2 Å². The van der Waals surface area contributed by atoms with Gasteiger partial charge in [0, 0.05) is 11.5 Å². The van der Waals surface area contributed by atoms with Crippen molar-refractivity contribution in [2.75, 3.05) is 0 Å². The summed E-state index contributed by atoms with van der Waals surface area (Å²) in [4.78, 5) is 39.7. The number of hydrogen-bond acceptors (Lipinski definition) is 6.